The molecule has 0 radical (unpaired) electrons. The SMILES string of the molecule is COc1cc(C)nc(CC(C(=O)O)c2ccc(C)cc2)c1. The average molecular weight is 285 g/mol. The highest BCUT2D eigenvalue weighted by atomic mass is 16.5. The van der Waals surface area contributed by atoms with Gasteiger partial charge in [0, 0.05) is 29.9 Å². The number of rotatable bonds is 5. The number of carbonyl (C=O) groups is 1. The van der Waals surface area contributed by atoms with Crippen LogP contribution in [-0.4, -0.2) is 23.2 Å². The van der Waals surface area contributed by atoms with Gasteiger partial charge in [0.1, 0.15) is 5.75 Å². The maximum Gasteiger partial charge on any atom is 0.311 e. The number of carboxylic acid groups (broad SMARTS) is 1. The van der Waals surface area contributed by atoms with Gasteiger partial charge in [-0.05, 0) is 19.4 Å². The zero-order chi connectivity index (χ0) is 15.4. The zero-order valence-electron chi connectivity index (χ0n) is 12.5. The Morgan fingerprint density at radius 3 is 2.48 bits per heavy atom. The van der Waals surface area contributed by atoms with Crippen molar-refractivity contribution in [1.29, 1.82) is 0 Å². The molecule has 21 heavy (non-hydrogen) atoms. The molecule has 1 aromatic heterocycles. The molecule has 0 spiro atoms. The summed E-state index contributed by atoms with van der Waals surface area (Å²) in [5.41, 5.74) is 3.44. The van der Waals surface area contributed by atoms with Crippen molar-refractivity contribution in [1.82, 2.24) is 4.98 Å². The minimum atomic E-state index is -0.846. The van der Waals surface area contributed by atoms with E-state index < -0.39 is 11.9 Å². The van der Waals surface area contributed by atoms with Crippen molar-refractivity contribution >= 4 is 5.97 Å². The van der Waals surface area contributed by atoms with Gasteiger partial charge < -0.3 is 9.84 Å². The summed E-state index contributed by atoms with van der Waals surface area (Å²) < 4.78 is 5.21. The van der Waals surface area contributed by atoms with Gasteiger partial charge in [0.2, 0.25) is 0 Å². The second kappa shape index (κ2) is 6.39. The van der Waals surface area contributed by atoms with Gasteiger partial charge >= 0.3 is 5.97 Å². The number of hydrogen-bond donors (Lipinski definition) is 1. The molecule has 1 atom stereocenters. The topological polar surface area (TPSA) is 59.4 Å². The Kier molecular flexibility index (Phi) is 4.58. The Morgan fingerprint density at radius 1 is 1.24 bits per heavy atom. The molecule has 1 heterocycles. The third-order valence-corrected chi connectivity index (χ3v) is 3.41. The molecule has 1 unspecified atom stereocenters. The molecular formula is C17H19NO3. The molecule has 0 aliphatic rings. The van der Waals surface area contributed by atoms with Crippen LogP contribution in [0.15, 0.2) is 36.4 Å². The molecule has 1 N–H and O–H groups in total. The van der Waals surface area contributed by atoms with Gasteiger partial charge in [-0.2, -0.15) is 0 Å². The van der Waals surface area contributed by atoms with Gasteiger partial charge in [0.15, 0.2) is 0 Å². The first-order valence-corrected chi connectivity index (χ1v) is 6.80. The second-order valence-corrected chi connectivity index (χ2v) is 5.15. The highest BCUT2D eigenvalue weighted by molar-refractivity contribution is 5.76. The van der Waals surface area contributed by atoms with Gasteiger partial charge in [-0.3, -0.25) is 9.78 Å². The van der Waals surface area contributed by atoms with Crippen molar-refractivity contribution in [2.45, 2.75) is 26.2 Å². The minimum Gasteiger partial charge on any atom is -0.497 e. The molecule has 2 rings (SSSR count). The third-order valence-electron chi connectivity index (χ3n) is 3.41. The monoisotopic (exact) mass is 285 g/mol. The van der Waals surface area contributed by atoms with E-state index >= 15 is 0 Å². The molecule has 1 aromatic carbocycles. The molecule has 0 fully saturated rings. The minimum absolute atomic E-state index is 0.344. The zero-order valence-corrected chi connectivity index (χ0v) is 12.5. The molecule has 0 amide bonds. The Hall–Kier alpha value is -2.36. The van der Waals surface area contributed by atoms with Crippen LogP contribution in [0.25, 0.3) is 0 Å². The molecule has 2 aromatic rings. The van der Waals surface area contributed by atoms with E-state index in [9.17, 15) is 9.90 Å². The quantitative estimate of drug-likeness (QED) is 0.917. The van der Waals surface area contributed by atoms with Crippen LogP contribution in [0.2, 0.25) is 0 Å². The number of carboxylic acids is 1. The van der Waals surface area contributed by atoms with Crippen molar-refractivity contribution in [2.24, 2.45) is 0 Å². The van der Waals surface area contributed by atoms with Gasteiger partial charge in [-0.25, -0.2) is 0 Å². The van der Waals surface area contributed by atoms with E-state index in [0.717, 1.165) is 22.5 Å². The maximum atomic E-state index is 11.6. The fourth-order valence-electron chi connectivity index (χ4n) is 2.28. The van der Waals surface area contributed by atoms with E-state index in [0.29, 0.717) is 12.2 Å². The van der Waals surface area contributed by atoms with Crippen molar-refractivity contribution in [3.05, 3.63) is 58.9 Å². The standard InChI is InChI=1S/C17H19NO3/c1-11-4-6-13(7-5-11)16(17(19)20)10-14-9-15(21-3)8-12(2)18-14/h4-9,16H,10H2,1-3H3,(H,19,20). The lowest BCUT2D eigenvalue weighted by Crippen LogP contribution is -2.15. The Morgan fingerprint density at radius 2 is 1.90 bits per heavy atom. The number of aryl methyl sites for hydroxylation is 2. The lowest BCUT2D eigenvalue weighted by Gasteiger charge is -2.14. The third kappa shape index (κ3) is 3.81. The second-order valence-electron chi connectivity index (χ2n) is 5.15. The molecule has 0 saturated heterocycles. The smallest absolute Gasteiger partial charge is 0.311 e. The van der Waals surface area contributed by atoms with Crippen molar-refractivity contribution in [2.75, 3.05) is 7.11 Å². The summed E-state index contributed by atoms with van der Waals surface area (Å²) in [5, 5.41) is 9.49. The van der Waals surface area contributed by atoms with Gasteiger partial charge in [0.05, 0.1) is 13.0 Å². The molecular weight excluding hydrogens is 266 g/mol. The average Bonchev–Trinajstić information content (AvgIpc) is 2.45. The van der Waals surface area contributed by atoms with E-state index in [1.165, 1.54) is 0 Å². The fraction of sp³-hybridized carbons (Fsp3) is 0.294. The summed E-state index contributed by atoms with van der Waals surface area (Å²) in [5.74, 6) is -0.753. The lowest BCUT2D eigenvalue weighted by atomic mass is 9.93. The summed E-state index contributed by atoms with van der Waals surface area (Å²) in [6.07, 6.45) is 0.344. The van der Waals surface area contributed by atoms with Crippen LogP contribution in [0, 0.1) is 13.8 Å². The number of nitrogens with zero attached hydrogens (tertiary/aromatic N) is 1. The highest BCUT2D eigenvalue weighted by Gasteiger charge is 2.21. The summed E-state index contributed by atoms with van der Waals surface area (Å²) >= 11 is 0. The van der Waals surface area contributed by atoms with Crippen LogP contribution in [0.5, 0.6) is 5.75 Å². The number of benzene rings is 1. The summed E-state index contributed by atoms with van der Waals surface area (Å²) in [7, 11) is 1.59. The predicted octanol–water partition coefficient (Wildman–Crippen LogP) is 3.12. The predicted molar refractivity (Wildman–Crippen MR) is 80.8 cm³/mol. The maximum absolute atomic E-state index is 11.6. The van der Waals surface area contributed by atoms with E-state index in [1.54, 1.807) is 13.2 Å². The number of aliphatic carboxylic acids is 1. The molecule has 4 heteroatoms. The van der Waals surface area contributed by atoms with Crippen LogP contribution in [0.4, 0.5) is 0 Å². The number of hydrogen-bond acceptors (Lipinski definition) is 3. The fourth-order valence-corrected chi connectivity index (χ4v) is 2.28. The molecule has 110 valence electrons. The summed E-state index contributed by atoms with van der Waals surface area (Å²) in [4.78, 5) is 16.0. The largest absolute Gasteiger partial charge is 0.497 e. The Bertz CT molecular complexity index is 635. The van der Waals surface area contributed by atoms with Gasteiger partial charge in [0.25, 0.3) is 0 Å². The number of aromatic nitrogens is 1. The summed E-state index contributed by atoms with van der Waals surface area (Å²) in [6.45, 7) is 3.85. The molecule has 0 aliphatic heterocycles. The molecule has 0 bridgehead atoms. The normalized spacial score (nSPS) is 12.0. The highest BCUT2D eigenvalue weighted by Crippen LogP contribution is 2.23. The van der Waals surface area contributed by atoms with Gasteiger partial charge in [-0.1, -0.05) is 29.8 Å². The first kappa shape index (κ1) is 15.0. The van der Waals surface area contributed by atoms with Crippen molar-refractivity contribution < 1.29 is 14.6 Å². The number of methoxy groups -OCH3 is 1. The summed E-state index contributed by atoms with van der Waals surface area (Å²) in [6, 6.07) is 11.2. The Labute approximate surface area is 124 Å². The van der Waals surface area contributed by atoms with Crippen LogP contribution < -0.4 is 4.74 Å². The number of pyridine rings is 1. The van der Waals surface area contributed by atoms with E-state index in [-0.39, 0.29) is 0 Å². The van der Waals surface area contributed by atoms with E-state index in [1.807, 2.05) is 44.2 Å². The van der Waals surface area contributed by atoms with Crippen LogP contribution in [0.3, 0.4) is 0 Å². The van der Waals surface area contributed by atoms with Crippen LogP contribution in [-0.2, 0) is 11.2 Å². The number of ether oxygens (including phenoxy) is 1. The first-order chi connectivity index (χ1) is 9.99. The molecule has 0 aliphatic carbocycles. The van der Waals surface area contributed by atoms with Crippen molar-refractivity contribution in [3.8, 4) is 5.75 Å². The van der Waals surface area contributed by atoms with E-state index in [4.69, 9.17) is 4.74 Å². The van der Waals surface area contributed by atoms with Crippen LogP contribution in [0.1, 0.15) is 28.4 Å². The lowest BCUT2D eigenvalue weighted by molar-refractivity contribution is -0.138. The molecule has 0 saturated carbocycles. The first-order valence-electron chi connectivity index (χ1n) is 6.80. The van der Waals surface area contributed by atoms with Crippen LogP contribution >= 0.6 is 0 Å². The Balaban J connectivity index is 2.30. The van der Waals surface area contributed by atoms with Gasteiger partial charge in [-0.15, -0.1) is 0 Å². The van der Waals surface area contributed by atoms with Crippen molar-refractivity contribution in [3.63, 3.8) is 0 Å². The molecule has 4 nitrogen and oxygen atoms in total. The van der Waals surface area contributed by atoms with E-state index in [2.05, 4.69) is 4.98 Å².